The molecule has 0 aromatic rings. The van der Waals surface area contributed by atoms with Crippen molar-refractivity contribution in [3.63, 3.8) is 0 Å². The second-order valence-electron chi connectivity index (χ2n) is 14.9. The van der Waals surface area contributed by atoms with Gasteiger partial charge in [0.15, 0.2) is 0 Å². The van der Waals surface area contributed by atoms with Crippen LogP contribution in [-0.4, -0.2) is 104 Å². The van der Waals surface area contributed by atoms with Gasteiger partial charge in [0.1, 0.15) is 12.1 Å². The second kappa shape index (κ2) is 17.5. The van der Waals surface area contributed by atoms with Gasteiger partial charge in [0.2, 0.25) is 27.6 Å². The van der Waals surface area contributed by atoms with Crippen molar-refractivity contribution in [1.82, 2.24) is 30.5 Å². The maximum Gasteiger partial charge on any atom is 0.315 e. The number of ketones is 1. The predicted molar refractivity (Wildman–Crippen MR) is 187 cm³/mol. The number of fused-ring (bicyclic) bond motifs is 1. The second-order valence-corrected chi connectivity index (χ2v) is 17.0. The van der Waals surface area contributed by atoms with E-state index in [1.54, 1.807) is 4.90 Å². The van der Waals surface area contributed by atoms with Crippen molar-refractivity contribution in [2.75, 3.05) is 32.9 Å². The Hall–Kier alpha value is -3.44. The molecule has 1 unspecified atom stereocenters. The number of hydrogen-bond acceptors (Lipinski definition) is 7. The van der Waals surface area contributed by atoms with Crippen LogP contribution in [-0.2, 0) is 29.2 Å². The SMILES string of the molecule is C#CCCC(NC(=O)[C@@H]1[C@H]2CCC[C@H]2CN1C(=O)[C@@H](NC(=O)N[C@H](CN(C)S(C)(=O)=O)C(C)(C)C)C1CCCCC1)C(=O)C(=O)NCC=C. The molecule has 0 aromatic carbocycles. The molecule has 13 nitrogen and oxygen atoms in total. The summed E-state index contributed by atoms with van der Waals surface area (Å²) in [5.74, 6) is -0.278. The molecular weight excluding hydrogens is 648 g/mol. The van der Waals surface area contributed by atoms with Crippen molar-refractivity contribution in [3.05, 3.63) is 12.7 Å². The molecule has 6 atom stereocenters. The molecule has 0 radical (unpaired) electrons. The van der Waals surface area contributed by atoms with Gasteiger partial charge >= 0.3 is 6.03 Å². The topological polar surface area (TPSA) is 174 Å². The zero-order valence-electron chi connectivity index (χ0n) is 29.8. The molecule has 3 aliphatic rings. The molecule has 3 fully saturated rings. The molecule has 0 spiro atoms. The Morgan fingerprint density at radius 1 is 1.02 bits per heavy atom. The molecule has 5 amide bonds. The Balaban J connectivity index is 1.88. The summed E-state index contributed by atoms with van der Waals surface area (Å²) in [6.45, 7) is 9.71. The smallest absolute Gasteiger partial charge is 0.315 e. The molecule has 0 aromatic heterocycles. The number of likely N-dealkylation sites (N-methyl/N-ethyl adjacent to an activating group) is 1. The van der Waals surface area contributed by atoms with Crippen LogP contribution in [0.3, 0.4) is 0 Å². The number of hydrogen-bond donors (Lipinski definition) is 4. The van der Waals surface area contributed by atoms with Crippen LogP contribution in [0.5, 0.6) is 0 Å². The average molecular weight is 705 g/mol. The van der Waals surface area contributed by atoms with E-state index in [0.29, 0.717) is 6.54 Å². The Morgan fingerprint density at radius 2 is 1.69 bits per heavy atom. The first-order chi connectivity index (χ1) is 23.0. The van der Waals surface area contributed by atoms with Gasteiger partial charge in [-0.2, -0.15) is 0 Å². The van der Waals surface area contributed by atoms with Crippen LogP contribution in [0.4, 0.5) is 4.79 Å². The predicted octanol–water partition coefficient (Wildman–Crippen LogP) is 1.94. The van der Waals surface area contributed by atoms with Crippen molar-refractivity contribution in [2.45, 2.75) is 109 Å². The third kappa shape index (κ3) is 10.8. The number of carbonyl (C=O) groups excluding carboxylic acids is 5. The van der Waals surface area contributed by atoms with Gasteiger partial charge in [0.05, 0.1) is 12.3 Å². The molecule has 1 heterocycles. The van der Waals surface area contributed by atoms with Gasteiger partial charge in [-0.05, 0) is 55.3 Å². The number of sulfonamides is 1. The van der Waals surface area contributed by atoms with Crippen molar-refractivity contribution in [2.24, 2.45) is 23.2 Å². The van der Waals surface area contributed by atoms with E-state index in [9.17, 15) is 32.4 Å². The molecule has 2 aliphatic carbocycles. The van der Waals surface area contributed by atoms with Crippen LogP contribution in [0.1, 0.15) is 85.0 Å². The van der Waals surface area contributed by atoms with Gasteiger partial charge in [-0.3, -0.25) is 19.2 Å². The molecule has 49 heavy (non-hydrogen) atoms. The zero-order chi connectivity index (χ0) is 36.5. The zero-order valence-corrected chi connectivity index (χ0v) is 30.6. The molecule has 274 valence electrons. The van der Waals surface area contributed by atoms with E-state index in [-0.39, 0.29) is 49.6 Å². The van der Waals surface area contributed by atoms with Gasteiger partial charge in [0, 0.05) is 39.1 Å². The number of terminal acetylenes is 1. The van der Waals surface area contributed by atoms with Crippen LogP contribution >= 0.6 is 0 Å². The van der Waals surface area contributed by atoms with Crippen LogP contribution in [0.25, 0.3) is 0 Å². The van der Waals surface area contributed by atoms with E-state index in [1.807, 2.05) is 20.8 Å². The lowest BCUT2D eigenvalue weighted by atomic mass is 9.83. The Kier molecular flexibility index (Phi) is 14.3. The van der Waals surface area contributed by atoms with Crippen LogP contribution in [0.15, 0.2) is 12.7 Å². The number of Topliss-reactive ketones (excluding diaryl/α,β-unsaturated/α-hetero) is 1. The van der Waals surface area contributed by atoms with Crippen molar-refractivity contribution in [1.29, 1.82) is 0 Å². The third-order valence-electron chi connectivity index (χ3n) is 10.3. The number of nitrogens with zero attached hydrogens (tertiary/aromatic N) is 2. The molecule has 0 bridgehead atoms. The van der Waals surface area contributed by atoms with Gasteiger partial charge in [-0.1, -0.05) is 52.5 Å². The normalized spacial score (nSPS) is 23.0. The first kappa shape index (κ1) is 40.0. The summed E-state index contributed by atoms with van der Waals surface area (Å²) in [6, 6.07) is -4.11. The van der Waals surface area contributed by atoms with Crippen LogP contribution in [0.2, 0.25) is 0 Å². The van der Waals surface area contributed by atoms with Crippen LogP contribution < -0.4 is 21.3 Å². The largest absolute Gasteiger partial charge is 0.346 e. The van der Waals surface area contributed by atoms with Crippen molar-refractivity contribution in [3.8, 4) is 12.3 Å². The molecule has 14 heteroatoms. The number of likely N-dealkylation sites (tertiary alicyclic amines) is 1. The summed E-state index contributed by atoms with van der Waals surface area (Å²) in [4.78, 5) is 69.4. The lowest BCUT2D eigenvalue weighted by Crippen LogP contribution is -2.61. The lowest BCUT2D eigenvalue weighted by molar-refractivity contribution is -0.144. The molecule has 1 aliphatic heterocycles. The first-order valence-electron chi connectivity index (χ1n) is 17.4. The summed E-state index contributed by atoms with van der Waals surface area (Å²) in [7, 11) is -2.05. The summed E-state index contributed by atoms with van der Waals surface area (Å²) >= 11 is 0. The molecule has 3 rings (SSSR count). The average Bonchev–Trinajstić information content (AvgIpc) is 3.64. The van der Waals surface area contributed by atoms with E-state index in [1.165, 1.54) is 17.4 Å². The van der Waals surface area contributed by atoms with Gasteiger partial charge in [-0.25, -0.2) is 17.5 Å². The van der Waals surface area contributed by atoms with Gasteiger partial charge in [-0.15, -0.1) is 18.9 Å². The van der Waals surface area contributed by atoms with E-state index in [2.05, 4.69) is 33.8 Å². The highest BCUT2D eigenvalue weighted by Crippen LogP contribution is 2.43. The third-order valence-corrected chi connectivity index (χ3v) is 11.6. The number of carbonyl (C=O) groups is 5. The maximum absolute atomic E-state index is 14.6. The highest BCUT2D eigenvalue weighted by molar-refractivity contribution is 7.88. The number of rotatable bonds is 15. The number of amides is 5. The Labute approximate surface area is 292 Å². The van der Waals surface area contributed by atoms with Gasteiger partial charge in [0.25, 0.3) is 5.91 Å². The quantitative estimate of drug-likeness (QED) is 0.115. The summed E-state index contributed by atoms with van der Waals surface area (Å²) in [6.07, 6.45) is 15.0. The van der Waals surface area contributed by atoms with E-state index in [0.717, 1.165) is 57.6 Å². The van der Waals surface area contributed by atoms with E-state index in [4.69, 9.17) is 6.42 Å². The van der Waals surface area contributed by atoms with E-state index < -0.39 is 63.2 Å². The fourth-order valence-corrected chi connectivity index (χ4v) is 7.75. The molecule has 1 saturated heterocycles. The van der Waals surface area contributed by atoms with Gasteiger partial charge < -0.3 is 26.2 Å². The maximum atomic E-state index is 14.6. The van der Waals surface area contributed by atoms with Crippen LogP contribution in [0, 0.1) is 35.5 Å². The Morgan fingerprint density at radius 3 is 2.29 bits per heavy atom. The first-order valence-corrected chi connectivity index (χ1v) is 19.3. The number of nitrogens with one attached hydrogen (secondary N) is 4. The highest BCUT2D eigenvalue weighted by atomic mass is 32.2. The fraction of sp³-hybridized carbons (Fsp3) is 0.743. The lowest BCUT2D eigenvalue weighted by Gasteiger charge is -2.37. The highest BCUT2D eigenvalue weighted by Gasteiger charge is 2.52. The molecule has 4 N–H and O–H groups in total. The Bertz CT molecular complexity index is 1380. The minimum absolute atomic E-state index is 0.0424. The summed E-state index contributed by atoms with van der Waals surface area (Å²) < 4.78 is 25.5. The summed E-state index contributed by atoms with van der Waals surface area (Å²) in [5, 5.41) is 11.1. The number of urea groups is 1. The van der Waals surface area contributed by atoms with Crippen molar-refractivity contribution < 1.29 is 32.4 Å². The monoisotopic (exact) mass is 704 g/mol. The summed E-state index contributed by atoms with van der Waals surface area (Å²) in [5.41, 5.74) is -0.508. The molecule has 2 saturated carbocycles. The minimum Gasteiger partial charge on any atom is -0.346 e. The van der Waals surface area contributed by atoms with E-state index >= 15 is 0 Å². The fourth-order valence-electron chi connectivity index (χ4n) is 7.33. The standard InChI is InChI=1S/C35H56N6O7S/c1-8-10-19-26(30(42)32(44)36-20-9-2)37-31(43)29-25-18-14-17-24(25)21-41(29)33(45)28(23-15-12-11-13-16-23)39-34(46)38-27(35(3,4)5)22-40(6)49(7,47)48/h1,9,23-29H,2,10-22H2,3-7H3,(H,36,44)(H,37,43)(H2,38,39,46)/t24-,25-,26?,27+,28-,29-/m0/s1. The minimum atomic E-state index is -3.50. The molecular formula is C35H56N6O7S. The van der Waals surface area contributed by atoms with Crippen molar-refractivity contribution >= 4 is 39.6 Å².